The molecule has 0 saturated heterocycles. The van der Waals surface area contributed by atoms with Gasteiger partial charge in [-0.15, -0.1) is 11.3 Å². The van der Waals surface area contributed by atoms with Crippen molar-refractivity contribution in [2.24, 2.45) is 5.41 Å². The van der Waals surface area contributed by atoms with E-state index in [4.69, 9.17) is 0 Å². The summed E-state index contributed by atoms with van der Waals surface area (Å²) in [6.45, 7) is 6.15. The predicted molar refractivity (Wildman–Crippen MR) is 87.0 cm³/mol. The Kier molecular flexibility index (Phi) is 4.44. The van der Waals surface area contributed by atoms with E-state index >= 15 is 0 Å². The molecule has 2 aromatic rings. The van der Waals surface area contributed by atoms with Gasteiger partial charge >= 0.3 is 0 Å². The van der Waals surface area contributed by atoms with E-state index in [1.807, 2.05) is 39.0 Å². The zero-order chi connectivity index (χ0) is 15.8. The minimum absolute atomic E-state index is 0.132. The Labute approximate surface area is 130 Å². The molecule has 0 saturated carbocycles. The first-order valence-electron chi connectivity index (χ1n) is 6.74. The van der Waals surface area contributed by atoms with Gasteiger partial charge in [0.25, 0.3) is 0 Å². The summed E-state index contributed by atoms with van der Waals surface area (Å²) < 4.78 is 28.0. The van der Waals surface area contributed by atoms with Crippen LogP contribution in [0.5, 0.6) is 0 Å². The Morgan fingerprint density at radius 3 is 2.43 bits per heavy atom. The van der Waals surface area contributed by atoms with E-state index in [-0.39, 0.29) is 16.9 Å². The summed E-state index contributed by atoms with van der Waals surface area (Å²) in [7, 11) is -2.02. The summed E-state index contributed by atoms with van der Waals surface area (Å²) in [6.07, 6.45) is 0. The van der Waals surface area contributed by atoms with Crippen molar-refractivity contribution in [3.63, 3.8) is 0 Å². The van der Waals surface area contributed by atoms with Gasteiger partial charge < -0.3 is 5.11 Å². The highest BCUT2D eigenvalue weighted by Crippen LogP contribution is 2.36. The van der Waals surface area contributed by atoms with E-state index in [1.165, 1.54) is 15.6 Å². The van der Waals surface area contributed by atoms with E-state index in [0.717, 1.165) is 4.70 Å². The third-order valence-electron chi connectivity index (χ3n) is 3.13. The minimum atomic E-state index is -3.61. The first-order chi connectivity index (χ1) is 9.66. The molecular formula is C15H21NO3S2. The van der Waals surface area contributed by atoms with Gasteiger partial charge in [-0.1, -0.05) is 39.0 Å². The zero-order valence-electron chi connectivity index (χ0n) is 12.8. The van der Waals surface area contributed by atoms with Gasteiger partial charge in [0.05, 0.1) is 11.5 Å². The molecule has 1 aromatic carbocycles. The van der Waals surface area contributed by atoms with Gasteiger partial charge in [0.1, 0.15) is 4.90 Å². The van der Waals surface area contributed by atoms with Gasteiger partial charge in [-0.3, -0.25) is 0 Å². The van der Waals surface area contributed by atoms with E-state index in [1.54, 1.807) is 13.1 Å². The lowest BCUT2D eigenvalue weighted by molar-refractivity contribution is 0.281. The average Bonchev–Trinajstić information content (AvgIpc) is 2.75. The van der Waals surface area contributed by atoms with Crippen molar-refractivity contribution in [3.05, 3.63) is 29.1 Å². The number of sulfonamides is 1. The molecule has 0 radical (unpaired) electrons. The normalized spacial score (nSPS) is 13.2. The molecule has 0 fully saturated rings. The van der Waals surface area contributed by atoms with Crippen LogP contribution in [0.1, 0.15) is 25.6 Å². The maximum Gasteiger partial charge on any atom is 0.244 e. The number of thiophene rings is 1. The monoisotopic (exact) mass is 327 g/mol. The van der Waals surface area contributed by atoms with Crippen molar-refractivity contribution in [2.75, 3.05) is 13.6 Å². The van der Waals surface area contributed by atoms with Crippen molar-refractivity contribution in [3.8, 4) is 0 Å². The topological polar surface area (TPSA) is 57.6 Å². The largest absolute Gasteiger partial charge is 0.391 e. The van der Waals surface area contributed by atoms with Crippen molar-refractivity contribution in [1.82, 2.24) is 4.31 Å². The van der Waals surface area contributed by atoms with Crippen molar-refractivity contribution < 1.29 is 13.5 Å². The average molecular weight is 327 g/mol. The van der Waals surface area contributed by atoms with Gasteiger partial charge in [-0.05, 0) is 11.5 Å². The van der Waals surface area contributed by atoms with Gasteiger partial charge in [0.15, 0.2) is 0 Å². The Hall–Kier alpha value is -0.950. The molecule has 1 N–H and O–H groups in total. The maximum absolute atomic E-state index is 12.9. The molecule has 0 spiro atoms. The van der Waals surface area contributed by atoms with Crippen LogP contribution in [0.15, 0.2) is 29.2 Å². The number of hydrogen-bond donors (Lipinski definition) is 1. The second kappa shape index (κ2) is 5.68. The van der Waals surface area contributed by atoms with E-state index in [2.05, 4.69) is 0 Å². The van der Waals surface area contributed by atoms with Crippen LogP contribution >= 0.6 is 11.3 Å². The Bertz CT molecular complexity index is 742. The van der Waals surface area contributed by atoms with Crippen LogP contribution in [-0.4, -0.2) is 31.4 Å². The number of rotatable bonds is 4. The summed E-state index contributed by atoms with van der Waals surface area (Å²) in [5.41, 5.74) is -0.132. The minimum Gasteiger partial charge on any atom is -0.391 e. The second-order valence-electron chi connectivity index (χ2n) is 6.33. The quantitative estimate of drug-likeness (QED) is 0.939. The molecular weight excluding hydrogens is 306 g/mol. The lowest BCUT2D eigenvalue weighted by Gasteiger charge is -2.26. The van der Waals surface area contributed by atoms with Crippen LogP contribution in [0.4, 0.5) is 0 Å². The van der Waals surface area contributed by atoms with Gasteiger partial charge in [-0.25, -0.2) is 12.7 Å². The highest BCUT2D eigenvalue weighted by molar-refractivity contribution is 7.89. The Balaban J connectivity index is 2.59. The number of aliphatic hydroxyl groups excluding tert-OH is 1. The van der Waals surface area contributed by atoms with Gasteiger partial charge in [0, 0.05) is 23.7 Å². The lowest BCUT2D eigenvalue weighted by Crippen LogP contribution is -2.34. The highest BCUT2D eigenvalue weighted by Gasteiger charge is 2.30. The molecule has 0 aliphatic rings. The molecule has 0 aliphatic carbocycles. The van der Waals surface area contributed by atoms with Crippen LogP contribution in [0.25, 0.3) is 10.1 Å². The Morgan fingerprint density at radius 2 is 1.86 bits per heavy atom. The summed E-state index contributed by atoms with van der Waals surface area (Å²) in [4.78, 5) is 0.745. The first-order valence-corrected chi connectivity index (χ1v) is 9.00. The molecule has 4 nitrogen and oxygen atoms in total. The highest BCUT2D eigenvalue weighted by atomic mass is 32.2. The Morgan fingerprint density at radius 1 is 1.24 bits per heavy atom. The molecule has 2 rings (SSSR count). The number of benzene rings is 1. The van der Waals surface area contributed by atoms with Crippen LogP contribution in [0, 0.1) is 5.41 Å². The van der Waals surface area contributed by atoms with Crippen LogP contribution < -0.4 is 0 Å². The fraction of sp³-hybridized carbons (Fsp3) is 0.467. The molecule has 0 unspecified atom stereocenters. The van der Waals surface area contributed by atoms with Crippen molar-refractivity contribution >= 4 is 31.4 Å². The van der Waals surface area contributed by atoms with Crippen molar-refractivity contribution in [2.45, 2.75) is 32.3 Å². The SMILES string of the molecule is CN(CC(C)(C)C)S(=O)(=O)c1c(CO)sc2ccccc12. The molecule has 116 valence electrons. The van der Waals surface area contributed by atoms with Crippen molar-refractivity contribution in [1.29, 1.82) is 0 Å². The summed E-state index contributed by atoms with van der Waals surface area (Å²) in [6, 6.07) is 7.36. The molecule has 0 bridgehead atoms. The molecule has 6 heteroatoms. The molecule has 21 heavy (non-hydrogen) atoms. The molecule has 1 heterocycles. The number of nitrogens with zero attached hydrogens (tertiary/aromatic N) is 1. The third-order valence-corrected chi connectivity index (χ3v) is 6.34. The summed E-state index contributed by atoms with van der Waals surface area (Å²) >= 11 is 1.33. The number of fused-ring (bicyclic) bond motifs is 1. The van der Waals surface area contributed by atoms with E-state index < -0.39 is 10.0 Å². The predicted octanol–water partition coefficient (Wildman–Crippen LogP) is 3.06. The summed E-state index contributed by atoms with van der Waals surface area (Å²) in [5.74, 6) is 0. The van der Waals surface area contributed by atoms with Gasteiger partial charge in [-0.2, -0.15) is 0 Å². The summed E-state index contributed by atoms with van der Waals surface area (Å²) in [5, 5.41) is 10.2. The number of hydrogen-bond acceptors (Lipinski definition) is 4. The first kappa shape index (κ1) is 16.4. The van der Waals surface area contributed by atoms with Crippen LogP contribution in [0.3, 0.4) is 0 Å². The standard InChI is InChI=1S/C15H21NO3S2/c1-15(2,3)10-16(4)21(18,19)14-11-7-5-6-8-12(11)20-13(14)9-17/h5-8,17H,9-10H2,1-4H3. The van der Waals surface area contributed by atoms with Crippen LogP contribution in [-0.2, 0) is 16.6 Å². The molecule has 0 atom stereocenters. The zero-order valence-corrected chi connectivity index (χ0v) is 14.4. The smallest absolute Gasteiger partial charge is 0.244 e. The second-order valence-corrected chi connectivity index (χ2v) is 9.45. The number of aliphatic hydroxyl groups is 1. The van der Waals surface area contributed by atoms with E-state index in [9.17, 15) is 13.5 Å². The third kappa shape index (κ3) is 3.29. The van der Waals surface area contributed by atoms with Gasteiger partial charge in [0.2, 0.25) is 10.0 Å². The fourth-order valence-corrected chi connectivity index (χ4v) is 5.51. The maximum atomic E-state index is 12.9. The molecule has 0 amide bonds. The molecule has 0 aliphatic heterocycles. The fourth-order valence-electron chi connectivity index (χ4n) is 2.37. The van der Waals surface area contributed by atoms with Crippen LogP contribution in [0.2, 0.25) is 0 Å². The lowest BCUT2D eigenvalue weighted by atomic mass is 9.97. The molecule has 1 aromatic heterocycles. The van der Waals surface area contributed by atoms with E-state index in [0.29, 0.717) is 16.8 Å².